The van der Waals surface area contributed by atoms with Gasteiger partial charge in [-0.25, -0.2) is 0 Å². The van der Waals surface area contributed by atoms with E-state index in [1.807, 2.05) is 18.2 Å². The molecule has 1 aliphatic heterocycles. The third kappa shape index (κ3) is 2.85. The van der Waals surface area contributed by atoms with Crippen molar-refractivity contribution >= 4 is 10.2 Å². The molecule has 0 fully saturated rings. The zero-order valence-corrected chi connectivity index (χ0v) is 12.7. The number of H-pyrrole nitrogens is 1. The maximum Gasteiger partial charge on any atom is 0.282 e. The van der Waals surface area contributed by atoms with Crippen LogP contribution < -0.4 is 0 Å². The number of nitrogens with zero attached hydrogens (tertiary/aromatic N) is 3. The fourth-order valence-corrected chi connectivity index (χ4v) is 3.90. The fraction of sp³-hybridized carbons (Fsp3) is 0.357. The molecule has 0 radical (unpaired) electrons. The predicted molar refractivity (Wildman–Crippen MR) is 79.5 cm³/mol. The van der Waals surface area contributed by atoms with Gasteiger partial charge in [0.2, 0.25) is 0 Å². The minimum Gasteiger partial charge on any atom is -0.285 e. The van der Waals surface area contributed by atoms with E-state index in [0.717, 1.165) is 17.5 Å². The van der Waals surface area contributed by atoms with E-state index in [4.69, 9.17) is 0 Å². The summed E-state index contributed by atoms with van der Waals surface area (Å²) >= 11 is 0. The van der Waals surface area contributed by atoms with Crippen LogP contribution in [0.4, 0.5) is 0 Å². The molecule has 6 nitrogen and oxygen atoms in total. The summed E-state index contributed by atoms with van der Waals surface area (Å²) in [5.74, 6) is 0. The maximum atomic E-state index is 12.6. The summed E-state index contributed by atoms with van der Waals surface area (Å²) in [6.07, 6.45) is 4.10. The Morgan fingerprint density at radius 3 is 2.81 bits per heavy atom. The highest BCUT2D eigenvalue weighted by Gasteiger charge is 2.30. The first-order chi connectivity index (χ1) is 10.1. The zero-order valence-electron chi connectivity index (χ0n) is 11.9. The van der Waals surface area contributed by atoms with E-state index >= 15 is 0 Å². The highest BCUT2D eigenvalue weighted by molar-refractivity contribution is 7.86. The molecule has 2 heterocycles. The molecule has 0 aliphatic carbocycles. The number of hydrogen-bond acceptors (Lipinski definition) is 3. The van der Waals surface area contributed by atoms with Gasteiger partial charge < -0.3 is 0 Å². The summed E-state index contributed by atoms with van der Waals surface area (Å²) in [5, 5.41) is 6.53. The molecular formula is C14H18N4O2S. The smallest absolute Gasteiger partial charge is 0.282 e. The van der Waals surface area contributed by atoms with Crippen molar-refractivity contribution in [2.24, 2.45) is 0 Å². The van der Waals surface area contributed by atoms with Crippen molar-refractivity contribution in [1.29, 1.82) is 0 Å². The van der Waals surface area contributed by atoms with Gasteiger partial charge >= 0.3 is 0 Å². The molecule has 0 saturated carbocycles. The Kier molecular flexibility index (Phi) is 3.79. The molecule has 0 bridgehead atoms. The third-order valence-electron chi connectivity index (χ3n) is 3.78. The van der Waals surface area contributed by atoms with Crippen molar-refractivity contribution in [3.8, 4) is 0 Å². The van der Waals surface area contributed by atoms with Crippen molar-refractivity contribution in [2.45, 2.75) is 19.5 Å². The normalized spacial score (nSPS) is 16.1. The molecule has 7 heteroatoms. The lowest BCUT2D eigenvalue weighted by Crippen LogP contribution is -2.43. The maximum absolute atomic E-state index is 12.6. The number of rotatable bonds is 4. The van der Waals surface area contributed by atoms with Crippen LogP contribution in [0, 0.1) is 0 Å². The Balaban J connectivity index is 1.77. The van der Waals surface area contributed by atoms with Crippen LogP contribution in [0.1, 0.15) is 16.7 Å². The predicted octanol–water partition coefficient (Wildman–Crippen LogP) is 1.14. The van der Waals surface area contributed by atoms with E-state index < -0.39 is 10.2 Å². The summed E-state index contributed by atoms with van der Waals surface area (Å²) in [5.41, 5.74) is 3.17. The van der Waals surface area contributed by atoms with Crippen LogP contribution in [-0.4, -0.2) is 40.8 Å². The number of benzene rings is 1. The van der Waals surface area contributed by atoms with E-state index in [1.165, 1.54) is 14.2 Å². The molecule has 1 N–H and O–H groups in total. The van der Waals surface area contributed by atoms with Gasteiger partial charge in [-0.2, -0.15) is 22.1 Å². The zero-order chi connectivity index (χ0) is 14.9. The number of aromatic amines is 1. The molecule has 112 valence electrons. The van der Waals surface area contributed by atoms with E-state index in [1.54, 1.807) is 19.4 Å². The first-order valence-electron chi connectivity index (χ1n) is 6.83. The average molecular weight is 306 g/mol. The number of nitrogens with one attached hydrogen (secondary N) is 1. The Morgan fingerprint density at radius 1 is 1.33 bits per heavy atom. The van der Waals surface area contributed by atoms with Gasteiger partial charge in [0.05, 0.1) is 6.20 Å². The first-order valence-corrected chi connectivity index (χ1v) is 8.23. The van der Waals surface area contributed by atoms with Crippen LogP contribution in [-0.2, 0) is 29.7 Å². The van der Waals surface area contributed by atoms with E-state index in [9.17, 15) is 8.42 Å². The molecule has 0 spiro atoms. The largest absolute Gasteiger partial charge is 0.285 e. The van der Waals surface area contributed by atoms with Crippen LogP contribution in [0.2, 0.25) is 0 Å². The van der Waals surface area contributed by atoms with Gasteiger partial charge in [-0.1, -0.05) is 24.3 Å². The van der Waals surface area contributed by atoms with Crippen LogP contribution >= 0.6 is 0 Å². The van der Waals surface area contributed by atoms with Crippen molar-refractivity contribution in [2.75, 3.05) is 13.6 Å². The summed E-state index contributed by atoms with van der Waals surface area (Å²) < 4.78 is 28.2. The molecule has 0 saturated heterocycles. The molecule has 1 aliphatic rings. The van der Waals surface area contributed by atoms with Gasteiger partial charge in [-0.15, -0.1) is 0 Å². The number of fused-ring (bicyclic) bond motifs is 1. The Morgan fingerprint density at radius 2 is 2.10 bits per heavy atom. The quantitative estimate of drug-likeness (QED) is 0.921. The number of aromatic nitrogens is 2. The summed E-state index contributed by atoms with van der Waals surface area (Å²) in [7, 11) is -1.86. The molecule has 1 aromatic carbocycles. The monoisotopic (exact) mass is 306 g/mol. The van der Waals surface area contributed by atoms with Crippen molar-refractivity contribution in [3.63, 3.8) is 0 Å². The van der Waals surface area contributed by atoms with Gasteiger partial charge in [0, 0.05) is 38.4 Å². The van der Waals surface area contributed by atoms with Gasteiger partial charge in [-0.3, -0.25) is 5.10 Å². The lowest BCUT2D eigenvalue weighted by atomic mass is 10.0. The molecule has 0 atom stereocenters. The van der Waals surface area contributed by atoms with Crippen molar-refractivity contribution < 1.29 is 8.42 Å². The molecule has 3 rings (SSSR count). The average Bonchev–Trinajstić information content (AvgIpc) is 2.99. The van der Waals surface area contributed by atoms with E-state index in [2.05, 4.69) is 16.3 Å². The van der Waals surface area contributed by atoms with Crippen LogP contribution in [0.3, 0.4) is 0 Å². The summed E-state index contributed by atoms with van der Waals surface area (Å²) in [6.45, 7) is 1.28. The minimum absolute atomic E-state index is 0.316. The Hall–Kier alpha value is -1.70. The second-order valence-corrected chi connectivity index (χ2v) is 7.26. The highest BCUT2D eigenvalue weighted by Crippen LogP contribution is 2.22. The molecule has 2 aromatic rings. The van der Waals surface area contributed by atoms with Crippen molar-refractivity contribution in [1.82, 2.24) is 18.8 Å². The molecule has 1 aromatic heterocycles. The molecule has 0 amide bonds. The van der Waals surface area contributed by atoms with Gasteiger partial charge in [0.25, 0.3) is 10.2 Å². The first kappa shape index (κ1) is 14.2. The summed E-state index contributed by atoms with van der Waals surface area (Å²) in [6, 6.07) is 8.00. The topological polar surface area (TPSA) is 69.3 Å². The molecular weight excluding hydrogens is 288 g/mol. The van der Waals surface area contributed by atoms with Crippen molar-refractivity contribution in [3.05, 3.63) is 53.3 Å². The Labute approximate surface area is 124 Å². The van der Waals surface area contributed by atoms with Crippen LogP contribution in [0.5, 0.6) is 0 Å². The molecule has 0 unspecified atom stereocenters. The second kappa shape index (κ2) is 5.59. The highest BCUT2D eigenvalue weighted by atomic mass is 32.2. The third-order valence-corrected chi connectivity index (χ3v) is 5.66. The Bertz CT molecular complexity index is 712. The van der Waals surface area contributed by atoms with E-state index in [-0.39, 0.29) is 0 Å². The SMILES string of the molecule is CN(Cc1cn[nH]c1)S(=O)(=O)N1CCc2ccccc2C1. The number of hydrogen-bond donors (Lipinski definition) is 1. The molecule has 21 heavy (non-hydrogen) atoms. The van der Waals surface area contributed by atoms with Gasteiger partial charge in [0.15, 0.2) is 0 Å². The lowest BCUT2D eigenvalue weighted by Gasteiger charge is -2.31. The van der Waals surface area contributed by atoms with Crippen LogP contribution in [0.25, 0.3) is 0 Å². The van der Waals surface area contributed by atoms with Gasteiger partial charge in [0.1, 0.15) is 0 Å². The second-order valence-electron chi connectivity index (χ2n) is 5.22. The summed E-state index contributed by atoms with van der Waals surface area (Å²) in [4.78, 5) is 0. The fourth-order valence-electron chi connectivity index (χ4n) is 2.57. The lowest BCUT2D eigenvalue weighted by molar-refractivity contribution is 0.342. The minimum atomic E-state index is -3.46. The van der Waals surface area contributed by atoms with E-state index in [0.29, 0.717) is 19.6 Å². The van der Waals surface area contributed by atoms with Gasteiger partial charge in [-0.05, 0) is 17.5 Å². The standard InChI is InChI=1S/C14H18N4O2S/c1-17(10-12-8-15-16-9-12)21(19,20)18-7-6-13-4-2-3-5-14(13)11-18/h2-5,8-9H,6-7,10-11H2,1H3,(H,15,16). The van der Waals surface area contributed by atoms with Crippen LogP contribution in [0.15, 0.2) is 36.7 Å².